The van der Waals surface area contributed by atoms with Gasteiger partial charge in [0.2, 0.25) is 0 Å². The van der Waals surface area contributed by atoms with Crippen molar-refractivity contribution in [1.82, 2.24) is 0 Å². The molecule has 2 aromatic carbocycles. The highest BCUT2D eigenvalue weighted by atomic mass is 35.5. The molecule has 0 unspecified atom stereocenters. The third-order valence-corrected chi connectivity index (χ3v) is 3.29. The van der Waals surface area contributed by atoms with Crippen LogP contribution >= 0.6 is 11.6 Å². The number of carbonyl (C=O) groups is 1. The SMILES string of the molecule is Cc1ccc(C)c(Nc2c(Cl)cc(N)cc2C(=O)O)c1. The third-order valence-electron chi connectivity index (χ3n) is 3.00. The van der Waals surface area contributed by atoms with Gasteiger partial charge in [0.15, 0.2) is 0 Å². The van der Waals surface area contributed by atoms with Gasteiger partial charge in [0, 0.05) is 11.4 Å². The van der Waals surface area contributed by atoms with E-state index in [1.807, 2.05) is 32.0 Å². The van der Waals surface area contributed by atoms with Gasteiger partial charge in [-0.2, -0.15) is 0 Å². The summed E-state index contributed by atoms with van der Waals surface area (Å²) in [7, 11) is 0. The monoisotopic (exact) mass is 290 g/mol. The Morgan fingerprint density at radius 2 is 1.95 bits per heavy atom. The van der Waals surface area contributed by atoms with Gasteiger partial charge in [-0.1, -0.05) is 23.7 Å². The van der Waals surface area contributed by atoms with Crippen LogP contribution in [0.5, 0.6) is 0 Å². The number of benzene rings is 2. The topological polar surface area (TPSA) is 75.3 Å². The molecular formula is C15H15ClN2O2. The zero-order chi connectivity index (χ0) is 14.9. The van der Waals surface area contributed by atoms with Crippen LogP contribution in [-0.2, 0) is 0 Å². The predicted octanol–water partition coefficient (Wildman–Crippen LogP) is 3.98. The van der Waals surface area contributed by atoms with Gasteiger partial charge < -0.3 is 16.2 Å². The zero-order valence-electron chi connectivity index (χ0n) is 11.2. The maximum Gasteiger partial charge on any atom is 0.337 e. The third kappa shape index (κ3) is 2.86. The minimum absolute atomic E-state index is 0.0518. The number of rotatable bonds is 3. The Labute approximate surface area is 122 Å². The summed E-state index contributed by atoms with van der Waals surface area (Å²) in [6, 6.07) is 8.81. The first-order valence-corrected chi connectivity index (χ1v) is 6.43. The van der Waals surface area contributed by atoms with Crippen LogP contribution in [0.25, 0.3) is 0 Å². The van der Waals surface area contributed by atoms with E-state index in [0.717, 1.165) is 16.8 Å². The summed E-state index contributed by atoms with van der Waals surface area (Å²) in [6.45, 7) is 3.90. The minimum Gasteiger partial charge on any atom is -0.478 e. The summed E-state index contributed by atoms with van der Waals surface area (Å²) >= 11 is 6.11. The molecule has 0 aliphatic rings. The second-order valence-corrected chi connectivity index (χ2v) is 5.08. The van der Waals surface area contributed by atoms with Crippen molar-refractivity contribution in [2.24, 2.45) is 0 Å². The first-order chi connectivity index (χ1) is 9.38. The smallest absolute Gasteiger partial charge is 0.337 e. The Morgan fingerprint density at radius 3 is 2.60 bits per heavy atom. The second kappa shape index (κ2) is 5.43. The molecule has 2 aromatic rings. The molecule has 0 amide bonds. The van der Waals surface area contributed by atoms with Crippen molar-refractivity contribution in [2.45, 2.75) is 13.8 Å². The van der Waals surface area contributed by atoms with Crippen molar-refractivity contribution in [3.8, 4) is 0 Å². The molecule has 0 fully saturated rings. The molecule has 2 rings (SSSR count). The fourth-order valence-corrected chi connectivity index (χ4v) is 2.20. The molecule has 104 valence electrons. The van der Waals surface area contributed by atoms with Crippen molar-refractivity contribution < 1.29 is 9.90 Å². The fraction of sp³-hybridized carbons (Fsp3) is 0.133. The molecule has 0 heterocycles. The van der Waals surface area contributed by atoms with E-state index in [0.29, 0.717) is 11.4 Å². The summed E-state index contributed by atoms with van der Waals surface area (Å²) in [4.78, 5) is 11.3. The number of nitrogens with two attached hydrogens (primary N) is 1. The zero-order valence-corrected chi connectivity index (χ0v) is 12.0. The number of aryl methyl sites for hydroxylation is 2. The van der Waals surface area contributed by atoms with Crippen molar-refractivity contribution in [3.63, 3.8) is 0 Å². The lowest BCUT2D eigenvalue weighted by molar-refractivity contribution is 0.0698. The van der Waals surface area contributed by atoms with Gasteiger partial charge in [-0.15, -0.1) is 0 Å². The lowest BCUT2D eigenvalue weighted by Gasteiger charge is -2.15. The second-order valence-electron chi connectivity index (χ2n) is 4.67. The van der Waals surface area contributed by atoms with Crippen LogP contribution in [0.1, 0.15) is 21.5 Å². The van der Waals surface area contributed by atoms with Crippen LogP contribution in [-0.4, -0.2) is 11.1 Å². The van der Waals surface area contributed by atoms with Crippen LogP contribution in [0, 0.1) is 13.8 Å². The van der Waals surface area contributed by atoms with Crippen LogP contribution in [0.15, 0.2) is 30.3 Å². The van der Waals surface area contributed by atoms with Crippen LogP contribution < -0.4 is 11.1 Å². The molecule has 0 aromatic heterocycles. The van der Waals surface area contributed by atoms with Gasteiger partial charge in [0.05, 0.1) is 16.3 Å². The van der Waals surface area contributed by atoms with Crippen LogP contribution in [0.2, 0.25) is 5.02 Å². The molecule has 0 saturated heterocycles. The molecule has 0 aliphatic carbocycles. The van der Waals surface area contributed by atoms with E-state index < -0.39 is 5.97 Å². The fourth-order valence-electron chi connectivity index (χ4n) is 1.93. The van der Waals surface area contributed by atoms with Gasteiger partial charge in [0.1, 0.15) is 0 Å². The summed E-state index contributed by atoms with van der Waals surface area (Å²) < 4.78 is 0. The normalized spacial score (nSPS) is 10.3. The molecule has 0 radical (unpaired) electrons. The van der Waals surface area contributed by atoms with E-state index >= 15 is 0 Å². The number of halogens is 1. The van der Waals surface area contributed by atoms with Gasteiger partial charge >= 0.3 is 5.97 Å². The number of carboxylic acids is 1. The van der Waals surface area contributed by atoms with E-state index in [2.05, 4.69) is 5.32 Å². The summed E-state index contributed by atoms with van der Waals surface area (Å²) in [5, 5.41) is 12.6. The standard InChI is InChI=1S/C15H15ClN2O2/c1-8-3-4-9(2)13(5-8)18-14-11(15(19)20)6-10(17)7-12(14)16/h3-7,18H,17H2,1-2H3,(H,19,20). The van der Waals surface area contributed by atoms with E-state index in [4.69, 9.17) is 17.3 Å². The Kier molecular flexibility index (Phi) is 3.86. The highest BCUT2D eigenvalue weighted by Crippen LogP contribution is 2.33. The van der Waals surface area contributed by atoms with Crippen molar-refractivity contribution in [1.29, 1.82) is 0 Å². The quantitative estimate of drug-likeness (QED) is 0.747. The maximum absolute atomic E-state index is 11.3. The Morgan fingerprint density at radius 1 is 1.25 bits per heavy atom. The Bertz CT molecular complexity index is 684. The largest absolute Gasteiger partial charge is 0.478 e. The van der Waals surface area contributed by atoms with Gasteiger partial charge in [-0.25, -0.2) is 4.79 Å². The molecule has 0 spiro atoms. The first kappa shape index (κ1) is 14.2. The van der Waals surface area contributed by atoms with Crippen molar-refractivity contribution in [3.05, 3.63) is 52.0 Å². The minimum atomic E-state index is -1.08. The Hall–Kier alpha value is -2.20. The number of hydrogen-bond acceptors (Lipinski definition) is 3. The summed E-state index contributed by atoms with van der Waals surface area (Å²) in [6.07, 6.45) is 0. The molecule has 4 N–H and O–H groups in total. The van der Waals surface area contributed by atoms with Crippen LogP contribution in [0.3, 0.4) is 0 Å². The number of aromatic carboxylic acids is 1. The Balaban J connectivity index is 2.53. The van der Waals surface area contributed by atoms with Crippen LogP contribution in [0.4, 0.5) is 17.1 Å². The average Bonchev–Trinajstić information content (AvgIpc) is 2.36. The number of anilines is 3. The van der Waals surface area contributed by atoms with E-state index in [1.165, 1.54) is 12.1 Å². The predicted molar refractivity (Wildman–Crippen MR) is 82.0 cm³/mol. The van der Waals surface area contributed by atoms with Crippen molar-refractivity contribution in [2.75, 3.05) is 11.1 Å². The molecule has 0 saturated carbocycles. The first-order valence-electron chi connectivity index (χ1n) is 6.05. The molecule has 20 heavy (non-hydrogen) atoms. The molecular weight excluding hydrogens is 276 g/mol. The summed E-state index contributed by atoms with van der Waals surface area (Å²) in [5.41, 5.74) is 9.25. The van der Waals surface area contributed by atoms with Gasteiger partial charge in [-0.3, -0.25) is 0 Å². The lowest BCUT2D eigenvalue weighted by Crippen LogP contribution is -2.05. The van der Waals surface area contributed by atoms with Gasteiger partial charge in [-0.05, 0) is 43.2 Å². The highest BCUT2D eigenvalue weighted by molar-refractivity contribution is 6.34. The molecule has 0 aliphatic heterocycles. The number of carboxylic acid groups (broad SMARTS) is 1. The molecule has 0 bridgehead atoms. The lowest BCUT2D eigenvalue weighted by atomic mass is 10.1. The van der Waals surface area contributed by atoms with E-state index in [1.54, 1.807) is 0 Å². The molecule has 0 atom stereocenters. The van der Waals surface area contributed by atoms with E-state index in [-0.39, 0.29) is 10.6 Å². The number of nitrogen functional groups attached to an aromatic ring is 1. The van der Waals surface area contributed by atoms with Gasteiger partial charge in [0.25, 0.3) is 0 Å². The molecule has 5 heteroatoms. The number of hydrogen-bond donors (Lipinski definition) is 3. The van der Waals surface area contributed by atoms with E-state index in [9.17, 15) is 9.90 Å². The molecule has 4 nitrogen and oxygen atoms in total. The highest BCUT2D eigenvalue weighted by Gasteiger charge is 2.15. The summed E-state index contributed by atoms with van der Waals surface area (Å²) in [5.74, 6) is -1.08. The average molecular weight is 291 g/mol. The number of nitrogens with one attached hydrogen (secondary N) is 1. The van der Waals surface area contributed by atoms with Crippen molar-refractivity contribution >= 4 is 34.6 Å². The maximum atomic E-state index is 11.3.